The summed E-state index contributed by atoms with van der Waals surface area (Å²) in [4.78, 5) is 8.13. The van der Waals surface area contributed by atoms with Crippen molar-refractivity contribution in [2.45, 2.75) is 16.8 Å². The third-order valence-corrected chi connectivity index (χ3v) is 3.67. The van der Waals surface area contributed by atoms with Gasteiger partial charge in [0.2, 0.25) is 5.89 Å². The average Bonchev–Trinajstić information content (AvgIpc) is 2.97. The van der Waals surface area contributed by atoms with E-state index in [1.807, 2.05) is 24.3 Å². The van der Waals surface area contributed by atoms with Gasteiger partial charge in [0.1, 0.15) is 5.75 Å². The van der Waals surface area contributed by atoms with E-state index >= 15 is 0 Å². The second-order valence-corrected chi connectivity index (χ2v) is 5.63. The van der Waals surface area contributed by atoms with Gasteiger partial charge in [-0.3, -0.25) is 0 Å². The van der Waals surface area contributed by atoms with E-state index in [-0.39, 0.29) is 0 Å². The van der Waals surface area contributed by atoms with E-state index in [4.69, 9.17) is 20.8 Å². The highest BCUT2D eigenvalue weighted by molar-refractivity contribution is 7.98. The smallest absolute Gasteiger partial charge is 0.284 e. The van der Waals surface area contributed by atoms with Gasteiger partial charge in [0.05, 0.1) is 30.9 Å². The predicted molar refractivity (Wildman–Crippen MR) is 81.3 cm³/mol. The first-order valence-corrected chi connectivity index (χ1v) is 7.53. The minimum Gasteiger partial charge on any atom is -0.497 e. The second kappa shape index (κ2) is 6.76. The topological polar surface area (TPSA) is 73.9 Å². The highest BCUT2D eigenvalue weighted by Crippen LogP contribution is 2.24. The van der Waals surface area contributed by atoms with E-state index in [1.165, 1.54) is 24.2 Å². The summed E-state index contributed by atoms with van der Waals surface area (Å²) in [6.07, 6.45) is 3.59. The highest BCUT2D eigenvalue weighted by atomic mass is 35.5. The van der Waals surface area contributed by atoms with Gasteiger partial charge in [-0.25, -0.2) is 9.97 Å². The normalized spacial score (nSPS) is 10.6. The zero-order valence-corrected chi connectivity index (χ0v) is 13.1. The lowest BCUT2D eigenvalue weighted by Crippen LogP contribution is -1.89. The lowest BCUT2D eigenvalue weighted by atomic mass is 10.1. The number of aromatic nitrogens is 4. The molecule has 1 aromatic carbocycles. The molecule has 0 atom stereocenters. The third kappa shape index (κ3) is 3.75. The van der Waals surface area contributed by atoms with E-state index in [9.17, 15) is 0 Å². The molecule has 2 heterocycles. The van der Waals surface area contributed by atoms with Crippen molar-refractivity contribution in [1.82, 2.24) is 20.2 Å². The number of hydrogen-bond acceptors (Lipinski definition) is 7. The Labute approximate surface area is 135 Å². The molecule has 6 nitrogen and oxygen atoms in total. The standard InChI is InChI=1S/C14H11ClN4O2S/c1-20-11-4-2-9(3-5-11)6-12-18-19-14(21-12)22-13-16-7-10(15)8-17-13/h2-5,7-8H,6H2,1H3. The van der Waals surface area contributed by atoms with Gasteiger partial charge in [-0.15, -0.1) is 10.2 Å². The molecule has 0 radical (unpaired) electrons. The van der Waals surface area contributed by atoms with Crippen molar-refractivity contribution < 1.29 is 9.15 Å². The molecule has 2 aromatic heterocycles. The number of nitrogens with zero attached hydrogens (tertiary/aromatic N) is 4. The number of ether oxygens (including phenoxy) is 1. The first-order chi connectivity index (χ1) is 10.7. The quantitative estimate of drug-likeness (QED) is 0.663. The van der Waals surface area contributed by atoms with Crippen LogP contribution in [0.1, 0.15) is 11.5 Å². The van der Waals surface area contributed by atoms with Crippen LogP contribution in [0, 0.1) is 0 Å². The predicted octanol–water partition coefficient (Wildman–Crippen LogP) is 3.26. The van der Waals surface area contributed by atoms with Crippen molar-refractivity contribution in [2.24, 2.45) is 0 Å². The van der Waals surface area contributed by atoms with Gasteiger partial charge in [-0.2, -0.15) is 0 Å². The van der Waals surface area contributed by atoms with Gasteiger partial charge in [-0.05, 0) is 17.7 Å². The molecular weight excluding hydrogens is 324 g/mol. The number of methoxy groups -OCH3 is 1. The molecular formula is C14H11ClN4O2S. The summed E-state index contributed by atoms with van der Waals surface area (Å²) in [5.41, 5.74) is 1.06. The molecule has 0 N–H and O–H groups in total. The molecule has 0 spiro atoms. The Bertz CT molecular complexity index is 746. The zero-order valence-electron chi connectivity index (χ0n) is 11.6. The van der Waals surface area contributed by atoms with Crippen LogP contribution in [0.25, 0.3) is 0 Å². The molecule has 0 saturated carbocycles. The van der Waals surface area contributed by atoms with Crippen molar-refractivity contribution in [3.8, 4) is 5.75 Å². The number of halogens is 1. The van der Waals surface area contributed by atoms with Gasteiger partial charge >= 0.3 is 0 Å². The second-order valence-electron chi connectivity index (χ2n) is 4.27. The molecule has 0 amide bonds. The van der Waals surface area contributed by atoms with Crippen LogP contribution in [0.15, 0.2) is 51.5 Å². The molecule has 112 valence electrons. The Morgan fingerprint density at radius 3 is 2.55 bits per heavy atom. The summed E-state index contributed by atoms with van der Waals surface area (Å²) in [6, 6.07) is 7.70. The van der Waals surface area contributed by atoms with E-state index in [0.29, 0.717) is 27.7 Å². The van der Waals surface area contributed by atoms with Crippen LogP contribution in [-0.4, -0.2) is 27.3 Å². The molecule has 0 aliphatic carbocycles. The Hall–Kier alpha value is -2.12. The van der Waals surface area contributed by atoms with E-state index in [0.717, 1.165) is 11.3 Å². The largest absolute Gasteiger partial charge is 0.497 e. The lowest BCUT2D eigenvalue weighted by molar-refractivity contribution is 0.413. The fourth-order valence-corrected chi connectivity index (χ4v) is 2.38. The van der Waals surface area contributed by atoms with Crippen LogP contribution in [-0.2, 0) is 6.42 Å². The summed E-state index contributed by atoms with van der Waals surface area (Å²) in [5, 5.41) is 9.37. The van der Waals surface area contributed by atoms with Crippen LogP contribution < -0.4 is 4.74 Å². The number of hydrogen-bond donors (Lipinski definition) is 0. The van der Waals surface area contributed by atoms with Gasteiger partial charge in [0, 0.05) is 11.8 Å². The number of benzene rings is 1. The molecule has 8 heteroatoms. The van der Waals surface area contributed by atoms with Gasteiger partial charge in [-0.1, -0.05) is 23.7 Å². The van der Waals surface area contributed by atoms with E-state index in [2.05, 4.69) is 20.2 Å². The van der Waals surface area contributed by atoms with Crippen molar-refractivity contribution in [3.63, 3.8) is 0 Å². The molecule has 3 aromatic rings. The minimum atomic E-state index is 0.394. The van der Waals surface area contributed by atoms with Crippen LogP contribution in [0.3, 0.4) is 0 Å². The summed E-state index contributed by atoms with van der Waals surface area (Å²) >= 11 is 6.93. The molecule has 22 heavy (non-hydrogen) atoms. The first kappa shape index (κ1) is 14.8. The summed E-state index contributed by atoms with van der Waals surface area (Å²) in [6.45, 7) is 0. The lowest BCUT2D eigenvalue weighted by Gasteiger charge is -2.00. The summed E-state index contributed by atoms with van der Waals surface area (Å²) in [7, 11) is 1.63. The van der Waals surface area contributed by atoms with Crippen LogP contribution in [0.4, 0.5) is 0 Å². The van der Waals surface area contributed by atoms with Crippen molar-refractivity contribution >= 4 is 23.4 Å². The third-order valence-electron chi connectivity index (χ3n) is 2.74. The van der Waals surface area contributed by atoms with Gasteiger partial charge in [0.15, 0.2) is 5.16 Å². The Kier molecular flexibility index (Phi) is 4.55. The van der Waals surface area contributed by atoms with Crippen LogP contribution >= 0.6 is 23.4 Å². The van der Waals surface area contributed by atoms with Crippen molar-refractivity contribution in [1.29, 1.82) is 0 Å². The van der Waals surface area contributed by atoms with Gasteiger partial charge in [0.25, 0.3) is 5.22 Å². The van der Waals surface area contributed by atoms with E-state index in [1.54, 1.807) is 7.11 Å². The molecule has 0 saturated heterocycles. The molecule has 0 bridgehead atoms. The maximum atomic E-state index is 5.74. The molecule has 0 aliphatic rings. The number of rotatable bonds is 5. The molecule has 0 unspecified atom stereocenters. The zero-order chi connectivity index (χ0) is 15.4. The van der Waals surface area contributed by atoms with Gasteiger partial charge < -0.3 is 9.15 Å². The molecule has 3 rings (SSSR count). The van der Waals surface area contributed by atoms with Crippen LogP contribution in [0.2, 0.25) is 5.02 Å². The SMILES string of the molecule is COc1ccc(Cc2nnc(Sc3ncc(Cl)cn3)o2)cc1. The minimum absolute atomic E-state index is 0.394. The van der Waals surface area contributed by atoms with E-state index < -0.39 is 0 Å². The van der Waals surface area contributed by atoms with Crippen molar-refractivity contribution in [2.75, 3.05) is 7.11 Å². The maximum absolute atomic E-state index is 5.74. The van der Waals surface area contributed by atoms with Crippen molar-refractivity contribution in [3.05, 3.63) is 53.1 Å². The summed E-state index contributed by atoms with van der Waals surface area (Å²) in [5.74, 6) is 1.34. The fourth-order valence-electron chi connectivity index (χ4n) is 1.70. The molecule has 0 fully saturated rings. The maximum Gasteiger partial charge on any atom is 0.284 e. The monoisotopic (exact) mass is 334 g/mol. The Morgan fingerprint density at radius 2 is 1.86 bits per heavy atom. The first-order valence-electron chi connectivity index (χ1n) is 6.33. The fraction of sp³-hybridized carbons (Fsp3) is 0.143. The Balaban J connectivity index is 1.66. The average molecular weight is 335 g/mol. The molecule has 0 aliphatic heterocycles. The highest BCUT2D eigenvalue weighted by Gasteiger charge is 2.10. The van der Waals surface area contributed by atoms with Crippen LogP contribution in [0.5, 0.6) is 5.75 Å². The Morgan fingerprint density at radius 1 is 1.14 bits per heavy atom. The summed E-state index contributed by atoms with van der Waals surface area (Å²) < 4.78 is 10.7.